The van der Waals surface area contributed by atoms with E-state index in [0.717, 1.165) is 5.75 Å². The van der Waals surface area contributed by atoms with E-state index >= 15 is 0 Å². The third-order valence-corrected chi connectivity index (χ3v) is 3.54. The van der Waals surface area contributed by atoms with Crippen molar-refractivity contribution >= 4 is 18.3 Å². The van der Waals surface area contributed by atoms with Gasteiger partial charge in [0.2, 0.25) is 5.91 Å². The first-order valence-electron chi connectivity index (χ1n) is 7.04. The fourth-order valence-corrected chi connectivity index (χ4v) is 2.24. The molecule has 1 atom stereocenters. The number of hydrogen-bond acceptors (Lipinski definition) is 4. The minimum Gasteiger partial charge on any atom is -0.497 e. The third kappa shape index (κ3) is 5.51. The van der Waals surface area contributed by atoms with Crippen LogP contribution in [0.25, 0.3) is 0 Å². The average molecular weight is 351 g/mol. The number of rotatable bonds is 6. The Balaban J connectivity index is 0.00000264. The molecule has 1 aromatic rings. The van der Waals surface area contributed by atoms with Gasteiger partial charge in [0.1, 0.15) is 18.1 Å². The number of nitrogens with one attached hydrogen (secondary N) is 1. The highest BCUT2D eigenvalue weighted by molar-refractivity contribution is 5.85. The van der Waals surface area contributed by atoms with Gasteiger partial charge in [-0.15, -0.1) is 12.4 Å². The Bertz CT molecular complexity index is 514. The first kappa shape index (κ1) is 19.4. The van der Waals surface area contributed by atoms with Crippen LogP contribution in [0.4, 0.5) is 8.78 Å². The van der Waals surface area contributed by atoms with Gasteiger partial charge in [-0.3, -0.25) is 10.1 Å². The van der Waals surface area contributed by atoms with E-state index in [-0.39, 0.29) is 24.9 Å². The van der Waals surface area contributed by atoms with Gasteiger partial charge in [0.05, 0.1) is 26.2 Å². The molecule has 0 aromatic heterocycles. The summed E-state index contributed by atoms with van der Waals surface area (Å²) in [6, 6.07) is 6.25. The predicted octanol–water partition coefficient (Wildman–Crippen LogP) is 1.95. The molecule has 1 unspecified atom stereocenters. The molecule has 23 heavy (non-hydrogen) atoms. The van der Waals surface area contributed by atoms with Crippen molar-refractivity contribution in [3.63, 3.8) is 0 Å². The van der Waals surface area contributed by atoms with Crippen LogP contribution in [0.1, 0.15) is 6.42 Å². The first-order valence-corrected chi connectivity index (χ1v) is 7.04. The average Bonchev–Trinajstić information content (AvgIpc) is 2.87. The molecular formula is C15H21ClF2N2O3. The molecule has 0 aliphatic carbocycles. The Kier molecular flexibility index (Phi) is 7.02. The second kappa shape index (κ2) is 8.31. The van der Waals surface area contributed by atoms with Crippen LogP contribution in [-0.4, -0.2) is 56.6 Å². The number of carbonyl (C=O) groups excluding carboxylic acids is 1. The number of ether oxygens (including phenoxy) is 2. The molecule has 130 valence electrons. The van der Waals surface area contributed by atoms with Crippen LogP contribution < -0.4 is 14.8 Å². The molecule has 1 fully saturated rings. The number of methoxy groups -OCH3 is 1. The van der Waals surface area contributed by atoms with Crippen molar-refractivity contribution in [3.05, 3.63) is 24.3 Å². The van der Waals surface area contributed by atoms with Crippen molar-refractivity contribution in [1.29, 1.82) is 0 Å². The summed E-state index contributed by atoms with van der Waals surface area (Å²) in [4.78, 5) is 13.4. The molecule has 1 N–H and O–H groups in total. The van der Waals surface area contributed by atoms with Gasteiger partial charge in [-0.1, -0.05) is 0 Å². The summed E-state index contributed by atoms with van der Waals surface area (Å²) in [7, 11) is 3.16. The molecule has 0 radical (unpaired) electrons. The van der Waals surface area contributed by atoms with Crippen LogP contribution in [0.3, 0.4) is 0 Å². The predicted molar refractivity (Wildman–Crippen MR) is 84.7 cm³/mol. The summed E-state index contributed by atoms with van der Waals surface area (Å²) in [5, 5.41) is 2.55. The lowest BCUT2D eigenvalue weighted by molar-refractivity contribution is -0.132. The highest BCUT2D eigenvalue weighted by atomic mass is 35.5. The Morgan fingerprint density at radius 2 is 1.96 bits per heavy atom. The fourth-order valence-electron chi connectivity index (χ4n) is 2.24. The van der Waals surface area contributed by atoms with Gasteiger partial charge in [0, 0.05) is 13.5 Å². The van der Waals surface area contributed by atoms with Crippen molar-refractivity contribution < 1.29 is 23.0 Å². The normalized spacial score (nSPS) is 18.9. The van der Waals surface area contributed by atoms with E-state index in [0.29, 0.717) is 12.3 Å². The molecule has 1 heterocycles. The Morgan fingerprint density at radius 1 is 1.35 bits per heavy atom. The lowest BCUT2D eigenvalue weighted by Crippen LogP contribution is -2.43. The molecule has 1 amide bonds. The zero-order chi connectivity index (χ0) is 16.2. The maximum absolute atomic E-state index is 13.1. The molecule has 1 aromatic carbocycles. The Hall–Kier alpha value is -1.60. The summed E-state index contributed by atoms with van der Waals surface area (Å²) in [6.45, 7) is 0.173. The SMILES string of the molecule is COc1ccc(OCCN(C)C(=O)C2CC(F)(F)CN2)cc1.Cl. The van der Waals surface area contributed by atoms with Crippen molar-refractivity contribution in [2.75, 3.05) is 33.9 Å². The number of amides is 1. The largest absolute Gasteiger partial charge is 0.497 e. The molecule has 0 spiro atoms. The molecule has 5 nitrogen and oxygen atoms in total. The van der Waals surface area contributed by atoms with Crippen LogP contribution in [0.5, 0.6) is 11.5 Å². The van der Waals surface area contributed by atoms with Crippen LogP contribution in [-0.2, 0) is 4.79 Å². The second-order valence-corrected chi connectivity index (χ2v) is 5.28. The van der Waals surface area contributed by atoms with Crippen molar-refractivity contribution in [2.24, 2.45) is 0 Å². The van der Waals surface area contributed by atoms with E-state index < -0.39 is 24.9 Å². The monoisotopic (exact) mass is 350 g/mol. The third-order valence-electron chi connectivity index (χ3n) is 3.54. The molecule has 0 saturated carbocycles. The second-order valence-electron chi connectivity index (χ2n) is 5.28. The van der Waals surface area contributed by atoms with Gasteiger partial charge in [0.25, 0.3) is 5.92 Å². The molecular weight excluding hydrogens is 330 g/mol. The maximum atomic E-state index is 13.1. The number of alkyl halides is 2. The molecule has 1 aliphatic rings. The molecule has 1 saturated heterocycles. The van der Waals surface area contributed by atoms with E-state index in [9.17, 15) is 13.6 Å². The summed E-state index contributed by atoms with van der Waals surface area (Å²) in [6.07, 6.45) is -0.449. The number of nitrogens with zero attached hydrogens (tertiary/aromatic N) is 1. The highest BCUT2D eigenvalue weighted by Gasteiger charge is 2.43. The van der Waals surface area contributed by atoms with Crippen LogP contribution >= 0.6 is 12.4 Å². The fraction of sp³-hybridized carbons (Fsp3) is 0.533. The van der Waals surface area contributed by atoms with Crippen molar-refractivity contribution in [3.8, 4) is 11.5 Å². The number of halogens is 3. The quantitative estimate of drug-likeness (QED) is 0.852. The van der Waals surface area contributed by atoms with Gasteiger partial charge in [-0.05, 0) is 24.3 Å². The zero-order valence-corrected chi connectivity index (χ0v) is 13.9. The Morgan fingerprint density at radius 3 is 2.48 bits per heavy atom. The van der Waals surface area contributed by atoms with Crippen LogP contribution in [0.15, 0.2) is 24.3 Å². The lowest BCUT2D eigenvalue weighted by atomic mass is 10.2. The summed E-state index contributed by atoms with van der Waals surface area (Å²) < 4.78 is 36.7. The Labute approximate surface area is 140 Å². The highest BCUT2D eigenvalue weighted by Crippen LogP contribution is 2.25. The smallest absolute Gasteiger partial charge is 0.262 e. The summed E-state index contributed by atoms with van der Waals surface area (Å²) in [5.41, 5.74) is 0. The van der Waals surface area contributed by atoms with Crippen LogP contribution in [0, 0.1) is 0 Å². The van der Waals surface area contributed by atoms with Gasteiger partial charge in [0.15, 0.2) is 0 Å². The van der Waals surface area contributed by atoms with Gasteiger partial charge in [-0.25, -0.2) is 8.78 Å². The van der Waals surface area contributed by atoms with E-state index in [1.165, 1.54) is 4.90 Å². The van der Waals surface area contributed by atoms with Crippen molar-refractivity contribution in [1.82, 2.24) is 10.2 Å². The minimum absolute atomic E-state index is 0. The number of likely N-dealkylation sites (N-methyl/N-ethyl adjacent to an activating group) is 1. The molecule has 8 heteroatoms. The first-order chi connectivity index (χ1) is 10.4. The van der Waals surface area contributed by atoms with Gasteiger partial charge >= 0.3 is 0 Å². The number of carbonyl (C=O) groups is 1. The minimum atomic E-state index is -2.80. The molecule has 2 rings (SSSR count). The number of hydrogen-bond donors (Lipinski definition) is 1. The van der Waals surface area contributed by atoms with Crippen LogP contribution in [0.2, 0.25) is 0 Å². The van der Waals surface area contributed by atoms with E-state index in [1.54, 1.807) is 38.4 Å². The summed E-state index contributed by atoms with van der Waals surface area (Å²) >= 11 is 0. The lowest BCUT2D eigenvalue weighted by Gasteiger charge is -2.21. The van der Waals surface area contributed by atoms with E-state index in [1.807, 2.05) is 0 Å². The van der Waals surface area contributed by atoms with E-state index in [4.69, 9.17) is 9.47 Å². The van der Waals surface area contributed by atoms with E-state index in [2.05, 4.69) is 5.32 Å². The number of benzene rings is 1. The standard InChI is InChI=1S/C15H20F2N2O3.ClH/c1-19(14(20)13-9-15(16,17)10-18-13)7-8-22-12-5-3-11(21-2)4-6-12;/h3-6,13,18H,7-10H2,1-2H3;1H. The molecule has 1 aliphatic heterocycles. The molecule has 0 bridgehead atoms. The van der Waals surface area contributed by atoms with Gasteiger partial charge in [-0.2, -0.15) is 0 Å². The summed E-state index contributed by atoms with van der Waals surface area (Å²) in [5.74, 6) is -1.75. The van der Waals surface area contributed by atoms with Crippen molar-refractivity contribution in [2.45, 2.75) is 18.4 Å². The topological polar surface area (TPSA) is 50.8 Å². The maximum Gasteiger partial charge on any atom is 0.262 e. The zero-order valence-electron chi connectivity index (χ0n) is 13.1. The van der Waals surface area contributed by atoms with Gasteiger partial charge < -0.3 is 14.4 Å².